The van der Waals surface area contributed by atoms with Crippen molar-refractivity contribution in [2.45, 2.75) is 10.6 Å². The predicted molar refractivity (Wildman–Crippen MR) is 70.1 cm³/mol. The predicted octanol–water partition coefficient (Wildman–Crippen LogP) is 3.11. The van der Waals surface area contributed by atoms with Crippen LogP contribution in [0, 0.1) is 0 Å². The highest BCUT2D eigenvalue weighted by Gasteiger charge is 1.98. The molecule has 0 saturated heterocycles. The van der Waals surface area contributed by atoms with Crippen molar-refractivity contribution in [1.82, 2.24) is 9.97 Å². The number of hydrogen-bond acceptors (Lipinski definition) is 4. The molecule has 0 aliphatic carbocycles. The fourth-order valence-corrected chi connectivity index (χ4v) is 2.14. The molecule has 0 unspecified atom stereocenters. The second-order valence-corrected chi connectivity index (χ2v) is 5.14. The number of aromatic nitrogens is 2. The van der Waals surface area contributed by atoms with Crippen molar-refractivity contribution >= 4 is 33.5 Å². The molecule has 0 aliphatic heterocycles. The Hall–Kier alpha value is -1.07. The molecule has 0 spiro atoms. The quantitative estimate of drug-likeness (QED) is 0.884. The average Bonchev–Trinajstić information content (AvgIpc) is 2.30. The fraction of sp³-hybridized carbons (Fsp3) is 0.0909. The lowest BCUT2D eigenvalue weighted by molar-refractivity contribution is 1.16. The maximum atomic E-state index is 5.51. The van der Waals surface area contributed by atoms with Crippen LogP contribution in [0.1, 0.15) is 5.69 Å². The smallest absolute Gasteiger partial charge is 0.123 e. The molecule has 82 valence electrons. The van der Waals surface area contributed by atoms with E-state index in [0.717, 1.165) is 20.8 Å². The molecule has 2 heterocycles. The third-order valence-electron chi connectivity index (χ3n) is 1.93. The van der Waals surface area contributed by atoms with Crippen molar-refractivity contribution in [2.24, 2.45) is 0 Å². The Balaban J connectivity index is 1.97. The highest BCUT2D eigenvalue weighted by atomic mass is 79.9. The van der Waals surface area contributed by atoms with Crippen LogP contribution in [-0.2, 0) is 5.75 Å². The van der Waals surface area contributed by atoms with E-state index in [2.05, 4.69) is 25.9 Å². The first-order valence-electron chi connectivity index (χ1n) is 4.69. The topological polar surface area (TPSA) is 51.8 Å². The molecule has 2 rings (SSSR count). The van der Waals surface area contributed by atoms with E-state index in [-0.39, 0.29) is 0 Å². The summed E-state index contributed by atoms with van der Waals surface area (Å²) in [5.41, 5.74) is 6.56. The van der Waals surface area contributed by atoms with Crippen LogP contribution in [0.4, 0.5) is 5.82 Å². The summed E-state index contributed by atoms with van der Waals surface area (Å²) in [5.74, 6) is 1.38. The van der Waals surface area contributed by atoms with E-state index in [1.54, 1.807) is 30.2 Å². The first-order valence-corrected chi connectivity index (χ1v) is 6.46. The zero-order valence-electron chi connectivity index (χ0n) is 8.43. The van der Waals surface area contributed by atoms with Gasteiger partial charge in [-0.05, 0) is 40.2 Å². The van der Waals surface area contributed by atoms with Crippen LogP contribution in [0.2, 0.25) is 0 Å². The minimum absolute atomic E-state index is 0.547. The van der Waals surface area contributed by atoms with Gasteiger partial charge >= 0.3 is 0 Å². The fourth-order valence-electron chi connectivity index (χ4n) is 1.13. The van der Waals surface area contributed by atoms with Crippen LogP contribution in [0.3, 0.4) is 0 Å². The van der Waals surface area contributed by atoms with E-state index in [9.17, 15) is 0 Å². The standard InChI is InChI=1S/C11H10BrN3S/c12-8-1-2-9(14-5-8)7-16-10-3-4-11(13)15-6-10/h1-6H,7H2,(H2,13,15). The Morgan fingerprint density at radius 1 is 1.12 bits per heavy atom. The van der Waals surface area contributed by atoms with Crippen molar-refractivity contribution in [3.8, 4) is 0 Å². The van der Waals surface area contributed by atoms with Gasteiger partial charge in [0.25, 0.3) is 0 Å². The molecule has 0 bridgehead atoms. The summed E-state index contributed by atoms with van der Waals surface area (Å²) in [6.45, 7) is 0. The Labute approximate surface area is 107 Å². The van der Waals surface area contributed by atoms with Crippen LogP contribution in [0.25, 0.3) is 0 Å². The largest absolute Gasteiger partial charge is 0.384 e. The summed E-state index contributed by atoms with van der Waals surface area (Å²) < 4.78 is 0.996. The lowest BCUT2D eigenvalue weighted by Gasteiger charge is -2.01. The monoisotopic (exact) mass is 295 g/mol. The minimum Gasteiger partial charge on any atom is -0.384 e. The van der Waals surface area contributed by atoms with Gasteiger partial charge in [-0.25, -0.2) is 4.98 Å². The molecule has 0 aliphatic rings. The van der Waals surface area contributed by atoms with Gasteiger partial charge in [-0.3, -0.25) is 4.98 Å². The van der Waals surface area contributed by atoms with E-state index in [1.807, 2.05) is 18.2 Å². The number of anilines is 1. The van der Waals surface area contributed by atoms with Crippen molar-refractivity contribution < 1.29 is 0 Å². The SMILES string of the molecule is Nc1ccc(SCc2ccc(Br)cn2)cn1. The van der Waals surface area contributed by atoms with Gasteiger partial charge in [-0.1, -0.05) is 0 Å². The van der Waals surface area contributed by atoms with E-state index >= 15 is 0 Å². The van der Waals surface area contributed by atoms with Gasteiger partial charge in [-0.2, -0.15) is 0 Å². The normalized spacial score (nSPS) is 10.3. The van der Waals surface area contributed by atoms with Gasteiger partial charge in [-0.15, -0.1) is 11.8 Å². The minimum atomic E-state index is 0.547. The van der Waals surface area contributed by atoms with Crippen LogP contribution >= 0.6 is 27.7 Å². The summed E-state index contributed by atoms with van der Waals surface area (Å²) in [4.78, 5) is 9.43. The Morgan fingerprint density at radius 3 is 2.62 bits per heavy atom. The number of nitrogens with zero attached hydrogens (tertiary/aromatic N) is 2. The summed E-state index contributed by atoms with van der Waals surface area (Å²) in [6.07, 6.45) is 3.58. The summed E-state index contributed by atoms with van der Waals surface area (Å²) in [6, 6.07) is 7.76. The summed E-state index contributed by atoms with van der Waals surface area (Å²) in [5, 5.41) is 0. The number of pyridine rings is 2. The molecular formula is C11H10BrN3S. The maximum absolute atomic E-state index is 5.51. The van der Waals surface area contributed by atoms with E-state index in [0.29, 0.717) is 5.82 Å². The number of nitrogens with two attached hydrogens (primary N) is 1. The molecule has 0 radical (unpaired) electrons. The van der Waals surface area contributed by atoms with Crippen molar-refractivity contribution in [3.63, 3.8) is 0 Å². The molecule has 5 heteroatoms. The molecule has 0 aromatic carbocycles. The lowest BCUT2D eigenvalue weighted by atomic mass is 10.4. The van der Waals surface area contributed by atoms with Gasteiger partial charge in [0.2, 0.25) is 0 Å². The van der Waals surface area contributed by atoms with Gasteiger partial charge in [0, 0.05) is 27.5 Å². The third-order valence-corrected chi connectivity index (χ3v) is 3.42. The molecule has 2 aromatic heterocycles. The van der Waals surface area contributed by atoms with Gasteiger partial charge < -0.3 is 5.73 Å². The molecule has 0 fully saturated rings. The number of rotatable bonds is 3. The highest BCUT2D eigenvalue weighted by molar-refractivity contribution is 9.10. The summed E-state index contributed by atoms with van der Waals surface area (Å²) >= 11 is 5.05. The van der Waals surface area contributed by atoms with Crippen LogP contribution in [-0.4, -0.2) is 9.97 Å². The molecule has 16 heavy (non-hydrogen) atoms. The van der Waals surface area contributed by atoms with E-state index in [4.69, 9.17) is 5.73 Å². The molecule has 0 amide bonds. The average molecular weight is 296 g/mol. The van der Waals surface area contributed by atoms with Gasteiger partial charge in [0.1, 0.15) is 5.82 Å². The highest BCUT2D eigenvalue weighted by Crippen LogP contribution is 2.21. The van der Waals surface area contributed by atoms with Crippen molar-refractivity contribution in [2.75, 3.05) is 5.73 Å². The number of nitrogen functional groups attached to an aromatic ring is 1. The molecule has 0 atom stereocenters. The Bertz CT molecular complexity index is 410. The first-order chi connectivity index (χ1) is 7.74. The zero-order chi connectivity index (χ0) is 11.4. The number of hydrogen-bond donors (Lipinski definition) is 1. The van der Waals surface area contributed by atoms with Crippen LogP contribution in [0.15, 0.2) is 46.0 Å². The number of thioether (sulfide) groups is 1. The maximum Gasteiger partial charge on any atom is 0.123 e. The zero-order valence-corrected chi connectivity index (χ0v) is 10.8. The van der Waals surface area contributed by atoms with E-state index < -0.39 is 0 Å². The molecule has 2 aromatic rings. The lowest BCUT2D eigenvalue weighted by Crippen LogP contribution is -1.89. The first kappa shape index (κ1) is 11.4. The molecule has 2 N–H and O–H groups in total. The number of halogens is 1. The van der Waals surface area contributed by atoms with Crippen molar-refractivity contribution in [3.05, 3.63) is 46.8 Å². The third kappa shape index (κ3) is 3.21. The van der Waals surface area contributed by atoms with Crippen LogP contribution < -0.4 is 5.73 Å². The van der Waals surface area contributed by atoms with Gasteiger partial charge in [0.15, 0.2) is 0 Å². The second-order valence-electron chi connectivity index (χ2n) is 3.18. The molecule has 0 saturated carbocycles. The second kappa shape index (κ2) is 5.32. The molecule has 3 nitrogen and oxygen atoms in total. The van der Waals surface area contributed by atoms with E-state index in [1.165, 1.54) is 0 Å². The van der Waals surface area contributed by atoms with Gasteiger partial charge in [0.05, 0.1) is 5.69 Å². The van der Waals surface area contributed by atoms with Crippen LogP contribution in [0.5, 0.6) is 0 Å². The van der Waals surface area contributed by atoms with Crippen molar-refractivity contribution in [1.29, 1.82) is 0 Å². The Kier molecular flexibility index (Phi) is 3.79. The Morgan fingerprint density at radius 2 is 2.00 bits per heavy atom. The summed E-state index contributed by atoms with van der Waals surface area (Å²) in [7, 11) is 0. The molecular weight excluding hydrogens is 286 g/mol.